The first kappa shape index (κ1) is 24.8. The number of methoxy groups -OCH3 is 1. The summed E-state index contributed by atoms with van der Waals surface area (Å²) in [5.41, 5.74) is 3.57. The van der Waals surface area contributed by atoms with E-state index < -0.39 is 0 Å². The van der Waals surface area contributed by atoms with Crippen molar-refractivity contribution in [2.24, 2.45) is 5.92 Å². The number of likely N-dealkylation sites (tertiary alicyclic amines) is 1. The van der Waals surface area contributed by atoms with E-state index in [-0.39, 0.29) is 6.03 Å². The number of amides is 2. The smallest absolute Gasteiger partial charge is 0.319 e. The summed E-state index contributed by atoms with van der Waals surface area (Å²) in [6.45, 7) is 2.76. The summed E-state index contributed by atoms with van der Waals surface area (Å²) < 4.78 is 5.22. The van der Waals surface area contributed by atoms with Crippen LogP contribution in [0.4, 0.5) is 10.5 Å². The molecule has 184 valence electrons. The molecule has 5 heteroatoms. The van der Waals surface area contributed by atoms with Gasteiger partial charge >= 0.3 is 6.03 Å². The molecule has 2 atom stereocenters. The van der Waals surface area contributed by atoms with Gasteiger partial charge in [0.05, 0.1) is 7.11 Å². The van der Waals surface area contributed by atoms with Crippen molar-refractivity contribution < 1.29 is 9.53 Å². The van der Waals surface area contributed by atoms with Crippen LogP contribution in [0.25, 0.3) is 0 Å². The van der Waals surface area contributed by atoms with Crippen LogP contribution < -0.4 is 15.4 Å². The standard InChI is InChI=1S/C30H37N3O2/c1-35-29-15-8-14-27(23-29)32-30(34)31-17-9-18-33-19-16-26(20-24-10-4-2-5-11-24)22-28(33)21-25-12-6-3-7-13-25/h2-8,10-15,23,26,28H,9,16-22H2,1H3,(H2,31,32,34). The largest absolute Gasteiger partial charge is 0.497 e. The summed E-state index contributed by atoms with van der Waals surface area (Å²) in [5, 5.41) is 5.88. The van der Waals surface area contributed by atoms with Crippen LogP contribution in [0.2, 0.25) is 0 Å². The van der Waals surface area contributed by atoms with E-state index in [2.05, 4.69) is 76.2 Å². The molecule has 0 saturated carbocycles. The average Bonchev–Trinajstić information content (AvgIpc) is 2.89. The molecule has 4 rings (SSSR count). The van der Waals surface area contributed by atoms with E-state index in [4.69, 9.17) is 4.74 Å². The van der Waals surface area contributed by atoms with Crippen LogP contribution in [-0.4, -0.2) is 43.7 Å². The molecule has 0 aliphatic carbocycles. The first-order valence-corrected chi connectivity index (χ1v) is 12.7. The number of anilines is 1. The first-order chi connectivity index (χ1) is 17.2. The zero-order valence-corrected chi connectivity index (χ0v) is 20.7. The normalized spacial score (nSPS) is 18.1. The van der Waals surface area contributed by atoms with Crippen molar-refractivity contribution in [2.75, 3.05) is 32.1 Å². The fourth-order valence-corrected chi connectivity index (χ4v) is 5.07. The van der Waals surface area contributed by atoms with Gasteiger partial charge in [-0.05, 0) is 67.8 Å². The second-order valence-electron chi connectivity index (χ2n) is 9.43. The van der Waals surface area contributed by atoms with Crippen molar-refractivity contribution in [1.29, 1.82) is 0 Å². The predicted octanol–water partition coefficient (Wildman–Crippen LogP) is 5.77. The maximum absolute atomic E-state index is 12.3. The quantitative estimate of drug-likeness (QED) is 0.369. The lowest BCUT2D eigenvalue weighted by atomic mass is 9.84. The van der Waals surface area contributed by atoms with Crippen LogP contribution >= 0.6 is 0 Å². The third-order valence-electron chi connectivity index (χ3n) is 6.86. The zero-order chi connectivity index (χ0) is 24.3. The molecule has 0 bridgehead atoms. The molecule has 5 nitrogen and oxygen atoms in total. The molecule has 3 aromatic carbocycles. The van der Waals surface area contributed by atoms with Crippen LogP contribution in [0.3, 0.4) is 0 Å². The highest BCUT2D eigenvalue weighted by atomic mass is 16.5. The highest BCUT2D eigenvalue weighted by molar-refractivity contribution is 5.89. The third kappa shape index (κ3) is 7.86. The van der Waals surface area contributed by atoms with Crippen LogP contribution in [0.5, 0.6) is 5.75 Å². The van der Waals surface area contributed by atoms with Gasteiger partial charge in [0.2, 0.25) is 0 Å². The van der Waals surface area contributed by atoms with Crippen LogP contribution in [-0.2, 0) is 12.8 Å². The minimum Gasteiger partial charge on any atom is -0.497 e. The number of ether oxygens (including phenoxy) is 1. The van der Waals surface area contributed by atoms with Gasteiger partial charge in [-0.25, -0.2) is 4.79 Å². The van der Waals surface area contributed by atoms with Gasteiger partial charge < -0.3 is 15.4 Å². The van der Waals surface area contributed by atoms with Crippen molar-refractivity contribution in [3.63, 3.8) is 0 Å². The van der Waals surface area contributed by atoms with Crippen molar-refractivity contribution in [2.45, 2.75) is 38.1 Å². The summed E-state index contributed by atoms with van der Waals surface area (Å²) in [4.78, 5) is 14.9. The molecule has 0 aromatic heterocycles. The van der Waals surface area contributed by atoms with Crippen molar-refractivity contribution in [3.05, 3.63) is 96.1 Å². The van der Waals surface area contributed by atoms with Crippen molar-refractivity contribution >= 4 is 11.7 Å². The molecule has 0 spiro atoms. The van der Waals surface area contributed by atoms with Crippen LogP contribution in [0, 0.1) is 5.92 Å². The Labute approximate surface area is 209 Å². The summed E-state index contributed by atoms with van der Waals surface area (Å²) in [5.74, 6) is 1.44. The minimum absolute atomic E-state index is 0.180. The number of carbonyl (C=O) groups excluding carboxylic acids is 1. The zero-order valence-electron chi connectivity index (χ0n) is 20.7. The second-order valence-corrected chi connectivity index (χ2v) is 9.43. The number of hydrogen-bond donors (Lipinski definition) is 2. The van der Waals surface area contributed by atoms with E-state index >= 15 is 0 Å². The van der Waals surface area contributed by atoms with Gasteiger partial charge in [0.15, 0.2) is 0 Å². The summed E-state index contributed by atoms with van der Waals surface area (Å²) in [7, 11) is 1.62. The SMILES string of the molecule is COc1cccc(NC(=O)NCCCN2CCC(Cc3ccccc3)CC2Cc2ccccc2)c1. The Hall–Kier alpha value is -3.31. The number of urea groups is 1. The van der Waals surface area contributed by atoms with E-state index in [0.717, 1.165) is 43.8 Å². The number of carbonyl (C=O) groups is 1. The molecule has 3 aromatic rings. The van der Waals surface area contributed by atoms with E-state index in [1.165, 1.54) is 24.0 Å². The van der Waals surface area contributed by atoms with Gasteiger partial charge in [-0.3, -0.25) is 4.90 Å². The first-order valence-electron chi connectivity index (χ1n) is 12.7. The van der Waals surface area contributed by atoms with Crippen LogP contribution in [0.1, 0.15) is 30.4 Å². The molecule has 2 amide bonds. The summed E-state index contributed by atoms with van der Waals surface area (Å²) in [6.07, 6.45) is 5.61. The molecule has 2 unspecified atom stereocenters. The summed E-state index contributed by atoms with van der Waals surface area (Å²) >= 11 is 0. The van der Waals surface area contributed by atoms with Crippen LogP contribution in [0.15, 0.2) is 84.9 Å². The predicted molar refractivity (Wildman–Crippen MR) is 143 cm³/mol. The lowest BCUT2D eigenvalue weighted by Crippen LogP contribution is -2.45. The average molecular weight is 472 g/mol. The topological polar surface area (TPSA) is 53.6 Å². The van der Waals surface area contributed by atoms with Crippen molar-refractivity contribution in [1.82, 2.24) is 10.2 Å². The van der Waals surface area contributed by atoms with Crippen molar-refractivity contribution in [3.8, 4) is 5.75 Å². The van der Waals surface area contributed by atoms with E-state index in [1.807, 2.05) is 24.3 Å². The Bertz CT molecular complexity index is 1040. The molecule has 0 radical (unpaired) electrons. The van der Waals surface area contributed by atoms with Gasteiger partial charge in [0.25, 0.3) is 0 Å². The molecule has 2 N–H and O–H groups in total. The minimum atomic E-state index is -0.180. The molecular formula is C30H37N3O2. The number of hydrogen-bond acceptors (Lipinski definition) is 3. The van der Waals surface area contributed by atoms with E-state index in [9.17, 15) is 4.79 Å². The molecule has 1 aliphatic heterocycles. The van der Waals surface area contributed by atoms with Gasteiger partial charge in [-0.15, -0.1) is 0 Å². The number of nitrogens with zero attached hydrogens (tertiary/aromatic N) is 1. The maximum Gasteiger partial charge on any atom is 0.319 e. The molecule has 1 aliphatic rings. The number of nitrogens with one attached hydrogen (secondary N) is 2. The Balaban J connectivity index is 1.27. The Morgan fingerprint density at radius 2 is 1.66 bits per heavy atom. The highest BCUT2D eigenvalue weighted by Crippen LogP contribution is 2.28. The van der Waals surface area contributed by atoms with E-state index in [0.29, 0.717) is 18.5 Å². The molecule has 1 fully saturated rings. The highest BCUT2D eigenvalue weighted by Gasteiger charge is 2.28. The number of piperidine rings is 1. The molecular weight excluding hydrogens is 434 g/mol. The summed E-state index contributed by atoms with van der Waals surface area (Å²) in [6, 6.07) is 29.5. The number of benzene rings is 3. The second kappa shape index (κ2) is 13.0. The third-order valence-corrected chi connectivity index (χ3v) is 6.86. The monoisotopic (exact) mass is 471 g/mol. The number of rotatable bonds is 10. The maximum atomic E-state index is 12.3. The van der Waals surface area contributed by atoms with Gasteiger partial charge in [-0.2, -0.15) is 0 Å². The van der Waals surface area contributed by atoms with E-state index in [1.54, 1.807) is 7.11 Å². The fourth-order valence-electron chi connectivity index (χ4n) is 5.07. The fraction of sp³-hybridized carbons (Fsp3) is 0.367. The van der Waals surface area contributed by atoms with Gasteiger partial charge in [0.1, 0.15) is 5.75 Å². The Kier molecular flexibility index (Phi) is 9.18. The molecule has 35 heavy (non-hydrogen) atoms. The Morgan fingerprint density at radius 1 is 0.943 bits per heavy atom. The van der Waals surface area contributed by atoms with Gasteiger partial charge in [0, 0.05) is 30.9 Å². The lowest BCUT2D eigenvalue weighted by Gasteiger charge is -2.40. The van der Waals surface area contributed by atoms with Gasteiger partial charge in [-0.1, -0.05) is 66.7 Å². The lowest BCUT2D eigenvalue weighted by molar-refractivity contribution is 0.110. The molecule has 1 saturated heterocycles. The Morgan fingerprint density at radius 3 is 2.37 bits per heavy atom. The molecule has 1 heterocycles.